The number of benzene rings is 2. The van der Waals surface area contributed by atoms with Crippen molar-refractivity contribution in [1.82, 2.24) is 4.90 Å². The summed E-state index contributed by atoms with van der Waals surface area (Å²) in [5.74, 6) is 1.03. The first-order valence-electron chi connectivity index (χ1n) is 13.1. The Kier molecular flexibility index (Phi) is 11.0. The standard InChI is InChI=1S/C27H28F3N3O3.C3H6O2/c1-19-11-13-33(35)25(15-19)31-12-2-14-36-24-9-5-21-6-10-26(34)32(18-22(21)16-24)17-20-3-7-23(8-4-20)27(28,29)30;1-3(4)5-2/h3-5,7-9,11,13,15-16,35H,2,6,10,12,14,17-18H2,1H3;1-2H3/p+1. The van der Waals surface area contributed by atoms with Crippen molar-refractivity contribution in [2.45, 2.75) is 52.4 Å². The van der Waals surface area contributed by atoms with Crippen molar-refractivity contribution in [3.63, 3.8) is 0 Å². The number of esters is 1. The fourth-order valence-electron chi connectivity index (χ4n) is 4.15. The molecule has 11 heteroatoms. The van der Waals surface area contributed by atoms with Crippen molar-refractivity contribution >= 4 is 17.7 Å². The number of hydrogen-bond donors (Lipinski definition) is 2. The smallest absolute Gasteiger partial charge is 0.416 e. The summed E-state index contributed by atoms with van der Waals surface area (Å²) in [6.07, 6.45) is -1.13. The SMILES string of the molecule is COC(C)=O.Cc1cc[n+](O)c(NCCCOc2ccc3c(c2)CN(Cc2ccc(C(F)(F)F)cc2)C(=O)CC3)c1. The van der Waals surface area contributed by atoms with E-state index in [1.54, 1.807) is 11.1 Å². The van der Waals surface area contributed by atoms with Gasteiger partial charge in [0, 0.05) is 38.9 Å². The molecule has 0 atom stereocenters. The normalized spacial score (nSPS) is 12.9. The molecule has 0 aliphatic carbocycles. The van der Waals surface area contributed by atoms with Crippen LogP contribution in [-0.4, -0.2) is 42.2 Å². The molecule has 0 fully saturated rings. The van der Waals surface area contributed by atoms with Gasteiger partial charge in [0.1, 0.15) is 11.9 Å². The summed E-state index contributed by atoms with van der Waals surface area (Å²) >= 11 is 0. The van der Waals surface area contributed by atoms with Gasteiger partial charge in [-0.15, -0.1) is 0 Å². The summed E-state index contributed by atoms with van der Waals surface area (Å²) in [6, 6.07) is 14.4. The average Bonchev–Trinajstić information content (AvgIpc) is 3.08. The molecule has 2 N–H and O–H groups in total. The number of halogens is 3. The monoisotopic (exact) mass is 574 g/mol. The van der Waals surface area contributed by atoms with Crippen molar-refractivity contribution < 1.29 is 42.2 Å². The fourth-order valence-corrected chi connectivity index (χ4v) is 4.15. The van der Waals surface area contributed by atoms with Crippen LogP contribution in [0.5, 0.6) is 5.75 Å². The highest BCUT2D eigenvalue weighted by Crippen LogP contribution is 2.30. The van der Waals surface area contributed by atoms with Gasteiger partial charge in [-0.25, -0.2) is 0 Å². The van der Waals surface area contributed by atoms with Gasteiger partial charge >= 0.3 is 18.0 Å². The highest BCUT2D eigenvalue weighted by atomic mass is 19.4. The highest BCUT2D eigenvalue weighted by Gasteiger charge is 2.30. The molecule has 1 aliphatic rings. The van der Waals surface area contributed by atoms with Crippen LogP contribution in [0.15, 0.2) is 60.8 Å². The lowest BCUT2D eigenvalue weighted by Gasteiger charge is -2.22. The van der Waals surface area contributed by atoms with E-state index in [9.17, 15) is 28.0 Å². The quantitative estimate of drug-likeness (QED) is 0.169. The van der Waals surface area contributed by atoms with Crippen molar-refractivity contribution in [2.75, 3.05) is 25.6 Å². The number of ether oxygens (including phenoxy) is 2. The number of carbonyl (C=O) groups excluding carboxylic acids is 2. The average molecular weight is 575 g/mol. The first-order chi connectivity index (χ1) is 19.5. The predicted octanol–water partition coefficient (Wildman–Crippen LogP) is 5.07. The number of aromatic nitrogens is 1. The minimum absolute atomic E-state index is 0.0306. The second kappa shape index (κ2) is 14.4. The van der Waals surface area contributed by atoms with Crippen LogP contribution < -0.4 is 14.8 Å². The molecule has 8 nitrogen and oxygen atoms in total. The fraction of sp³-hybridized carbons (Fsp3) is 0.367. The summed E-state index contributed by atoms with van der Waals surface area (Å²) < 4.78 is 49.6. The number of amides is 1. The Labute approximate surface area is 237 Å². The highest BCUT2D eigenvalue weighted by molar-refractivity contribution is 5.77. The van der Waals surface area contributed by atoms with E-state index in [2.05, 4.69) is 10.1 Å². The van der Waals surface area contributed by atoms with Gasteiger partial charge < -0.3 is 19.6 Å². The Morgan fingerprint density at radius 2 is 1.78 bits per heavy atom. The third kappa shape index (κ3) is 9.70. The molecule has 0 saturated carbocycles. The van der Waals surface area contributed by atoms with Crippen LogP contribution in [0.1, 0.15) is 47.6 Å². The van der Waals surface area contributed by atoms with Crippen molar-refractivity contribution in [1.29, 1.82) is 0 Å². The van der Waals surface area contributed by atoms with E-state index in [1.807, 2.05) is 37.3 Å². The summed E-state index contributed by atoms with van der Waals surface area (Å²) in [7, 11) is 1.35. The van der Waals surface area contributed by atoms with Crippen molar-refractivity contribution in [3.8, 4) is 5.75 Å². The lowest BCUT2D eigenvalue weighted by molar-refractivity contribution is -0.893. The molecule has 220 valence electrons. The van der Waals surface area contributed by atoms with E-state index < -0.39 is 11.7 Å². The largest absolute Gasteiger partial charge is 0.493 e. The van der Waals surface area contributed by atoms with Gasteiger partial charge in [0.2, 0.25) is 5.91 Å². The number of carbonyl (C=O) groups is 2. The second-order valence-corrected chi connectivity index (χ2v) is 9.63. The van der Waals surface area contributed by atoms with Gasteiger partial charge in [0.25, 0.3) is 0 Å². The molecule has 1 amide bonds. The molecule has 3 aromatic rings. The molecule has 4 rings (SSSR count). The number of hydrogen-bond acceptors (Lipinski definition) is 6. The van der Waals surface area contributed by atoms with Crippen molar-refractivity contribution in [3.05, 3.63) is 88.6 Å². The number of fused-ring (bicyclic) bond motifs is 1. The number of anilines is 1. The summed E-state index contributed by atoms with van der Waals surface area (Å²) in [4.78, 5) is 24.0. The zero-order valence-corrected chi connectivity index (χ0v) is 23.3. The summed E-state index contributed by atoms with van der Waals surface area (Å²) in [5.41, 5.74) is 3.03. The number of rotatable bonds is 8. The van der Waals surface area contributed by atoms with Crippen LogP contribution in [0, 0.1) is 6.92 Å². The van der Waals surface area contributed by atoms with Crippen molar-refractivity contribution in [2.24, 2.45) is 0 Å². The van der Waals surface area contributed by atoms with Gasteiger partial charge in [-0.05, 0) is 65.9 Å². The molecule has 1 aliphatic heterocycles. The van der Waals surface area contributed by atoms with Crippen LogP contribution in [-0.2, 0) is 40.0 Å². The van der Waals surface area contributed by atoms with Crippen LogP contribution in [0.2, 0.25) is 0 Å². The second-order valence-electron chi connectivity index (χ2n) is 9.63. The van der Waals surface area contributed by atoms with E-state index in [4.69, 9.17) is 4.74 Å². The number of aryl methyl sites for hydroxylation is 2. The van der Waals surface area contributed by atoms with E-state index in [0.717, 1.165) is 33.6 Å². The van der Waals surface area contributed by atoms with Crippen LogP contribution in [0.3, 0.4) is 0 Å². The maximum absolute atomic E-state index is 12.8. The lowest BCUT2D eigenvalue weighted by Crippen LogP contribution is -2.34. The Morgan fingerprint density at radius 3 is 2.44 bits per heavy atom. The molecular formula is C30H35F3N3O5+. The molecule has 0 saturated heterocycles. The molecule has 0 bridgehead atoms. The summed E-state index contributed by atoms with van der Waals surface area (Å²) in [6.45, 7) is 5.02. The lowest BCUT2D eigenvalue weighted by atomic mass is 10.0. The maximum atomic E-state index is 12.8. The van der Waals surface area contributed by atoms with Crippen LogP contribution in [0.25, 0.3) is 0 Å². The zero-order valence-electron chi connectivity index (χ0n) is 23.3. The first-order valence-corrected chi connectivity index (χ1v) is 13.1. The van der Waals surface area contributed by atoms with Crippen LogP contribution in [0.4, 0.5) is 19.0 Å². The zero-order chi connectivity index (χ0) is 30.0. The van der Waals surface area contributed by atoms with E-state index in [0.29, 0.717) is 56.1 Å². The van der Waals surface area contributed by atoms with E-state index in [1.165, 1.54) is 26.2 Å². The molecule has 2 aromatic carbocycles. The minimum Gasteiger partial charge on any atom is -0.493 e. The number of pyridine rings is 1. The Hall–Kier alpha value is -4.28. The molecule has 2 heterocycles. The summed E-state index contributed by atoms with van der Waals surface area (Å²) in [5, 5.41) is 13.0. The number of nitrogens with zero attached hydrogens (tertiary/aromatic N) is 2. The Balaban J connectivity index is 0.000000850. The molecular weight excluding hydrogens is 539 g/mol. The third-order valence-electron chi connectivity index (χ3n) is 6.43. The number of alkyl halides is 3. The maximum Gasteiger partial charge on any atom is 0.416 e. The van der Waals surface area contributed by atoms with Gasteiger partial charge in [0.05, 0.1) is 25.8 Å². The first kappa shape index (κ1) is 31.3. The van der Waals surface area contributed by atoms with E-state index in [-0.39, 0.29) is 18.4 Å². The van der Waals surface area contributed by atoms with Gasteiger partial charge in [-0.3, -0.25) is 14.9 Å². The third-order valence-corrected chi connectivity index (χ3v) is 6.43. The number of nitrogens with one attached hydrogen (secondary N) is 1. The van der Waals surface area contributed by atoms with E-state index >= 15 is 0 Å². The molecule has 0 radical (unpaired) electrons. The minimum atomic E-state index is -4.39. The Morgan fingerprint density at radius 1 is 1.07 bits per heavy atom. The molecule has 1 aromatic heterocycles. The molecule has 41 heavy (non-hydrogen) atoms. The van der Waals surface area contributed by atoms with Gasteiger partial charge in [-0.1, -0.05) is 22.9 Å². The predicted molar refractivity (Wildman–Crippen MR) is 145 cm³/mol. The topological polar surface area (TPSA) is 92.0 Å². The molecule has 0 spiro atoms. The number of methoxy groups -OCH3 is 1. The van der Waals surface area contributed by atoms with Crippen LogP contribution >= 0.6 is 0 Å². The van der Waals surface area contributed by atoms with Gasteiger partial charge in [0.15, 0.2) is 0 Å². The van der Waals surface area contributed by atoms with Gasteiger partial charge in [-0.2, -0.15) is 13.2 Å². The Bertz CT molecular complexity index is 1330. The molecule has 0 unspecified atom stereocenters.